The average molecular weight is 503 g/mol. The summed E-state index contributed by atoms with van der Waals surface area (Å²) in [6.45, 7) is 14.4. The van der Waals surface area contributed by atoms with Crippen LogP contribution in [0.1, 0.15) is 56.3 Å². The van der Waals surface area contributed by atoms with Gasteiger partial charge in [0, 0.05) is 44.7 Å². The minimum Gasteiger partial charge on any atom is -0.366 e. The molecule has 1 aromatic carbocycles. The third-order valence-corrected chi connectivity index (χ3v) is 7.07. The van der Waals surface area contributed by atoms with E-state index in [-0.39, 0.29) is 11.6 Å². The molecule has 35 heavy (non-hydrogen) atoms. The molecule has 1 saturated heterocycles. The van der Waals surface area contributed by atoms with Gasteiger partial charge >= 0.3 is 0 Å². The molecule has 4 rings (SSSR count). The number of halogens is 3. The highest BCUT2D eigenvalue weighted by molar-refractivity contribution is 6.32. The Balaban J connectivity index is 1.69. The third kappa shape index (κ3) is 5.33. The summed E-state index contributed by atoms with van der Waals surface area (Å²) >= 11 is 6.60. The normalized spacial score (nSPS) is 16.2. The molecule has 188 valence electrons. The number of nitrogens with zero attached hydrogens (tertiary/aromatic N) is 5. The first kappa shape index (κ1) is 25.5. The van der Waals surface area contributed by atoms with Crippen molar-refractivity contribution in [3.8, 4) is 0 Å². The topological polar surface area (TPSA) is 57.2 Å². The number of fused-ring (bicyclic) bond motifs is 1. The molecule has 0 spiro atoms. The lowest BCUT2D eigenvalue weighted by Crippen LogP contribution is -2.49. The van der Waals surface area contributed by atoms with Crippen molar-refractivity contribution in [2.75, 3.05) is 36.4 Å². The molecule has 2 aromatic heterocycles. The molecule has 9 heteroatoms. The lowest BCUT2D eigenvalue weighted by molar-refractivity contribution is 0.0167. The first-order valence-electron chi connectivity index (χ1n) is 12.0. The number of piperazine rings is 1. The smallest absolute Gasteiger partial charge is 0.270 e. The summed E-state index contributed by atoms with van der Waals surface area (Å²) in [5.41, 5.74) is 2.76. The van der Waals surface area contributed by atoms with Crippen LogP contribution in [-0.4, -0.2) is 52.1 Å². The summed E-state index contributed by atoms with van der Waals surface area (Å²) in [6.07, 6.45) is 0. The van der Waals surface area contributed by atoms with Crippen LogP contribution in [0.15, 0.2) is 24.3 Å². The highest BCUT2D eigenvalue weighted by Gasteiger charge is 2.28. The Labute approximate surface area is 210 Å². The van der Waals surface area contributed by atoms with E-state index in [1.807, 2.05) is 19.1 Å². The molecule has 0 bridgehead atoms. The summed E-state index contributed by atoms with van der Waals surface area (Å²) in [6, 6.07) is 7.26. The van der Waals surface area contributed by atoms with Crippen molar-refractivity contribution in [3.63, 3.8) is 0 Å². The van der Waals surface area contributed by atoms with Crippen molar-refractivity contribution in [2.45, 2.75) is 59.5 Å². The predicted octanol–water partition coefficient (Wildman–Crippen LogP) is 6.11. The van der Waals surface area contributed by atoms with Gasteiger partial charge in [-0.2, -0.15) is 0 Å². The number of aromatic nitrogens is 3. The second-order valence-electron chi connectivity index (χ2n) is 9.68. The molecule has 1 N–H and O–H groups in total. The number of rotatable bonds is 6. The first-order valence-corrected chi connectivity index (χ1v) is 12.4. The SMILES string of the molecule is Cc1nc(N[C@H](C)c2cccc(C(C)(F)F)c2C)c2cc(N3CCN(C(C)C)CC3)c(Cl)nc2n1. The van der Waals surface area contributed by atoms with E-state index in [0.29, 0.717) is 34.0 Å². The minimum absolute atomic E-state index is 0.0312. The van der Waals surface area contributed by atoms with Crippen molar-refractivity contribution in [3.05, 3.63) is 51.9 Å². The van der Waals surface area contributed by atoms with E-state index in [1.54, 1.807) is 19.9 Å². The van der Waals surface area contributed by atoms with Gasteiger partial charge in [-0.3, -0.25) is 4.90 Å². The number of alkyl halides is 2. The number of benzene rings is 1. The van der Waals surface area contributed by atoms with Crippen molar-refractivity contribution >= 4 is 34.1 Å². The molecular weight excluding hydrogens is 470 g/mol. The zero-order valence-electron chi connectivity index (χ0n) is 21.2. The van der Waals surface area contributed by atoms with Crippen LogP contribution in [0, 0.1) is 13.8 Å². The standard InChI is InChI=1S/C26H33ClF2N6/c1-15(2)34-10-12-35(13-11-34)22-14-20-24(31-18(5)32-25(20)33-23(22)27)30-17(4)19-8-7-9-21(16(19)3)26(6,28)29/h7-9,14-15,17H,10-13H2,1-6H3,(H,30,31,32,33)/t17-/m1/s1. The van der Waals surface area contributed by atoms with Gasteiger partial charge in [-0.15, -0.1) is 0 Å². The van der Waals surface area contributed by atoms with Crippen LogP contribution in [0.2, 0.25) is 5.15 Å². The molecular formula is C26H33ClF2N6. The monoisotopic (exact) mass is 502 g/mol. The van der Waals surface area contributed by atoms with Gasteiger partial charge in [0.1, 0.15) is 11.6 Å². The summed E-state index contributed by atoms with van der Waals surface area (Å²) in [5, 5.41) is 4.60. The minimum atomic E-state index is -2.91. The van der Waals surface area contributed by atoms with Crippen molar-refractivity contribution < 1.29 is 8.78 Å². The zero-order chi connectivity index (χ0) is 25.5. The second-order valence-corrected chi connectivity index (χ2v) is 10.0. The van der Waals surface area contributed by atoms with Crippen LogP contribution in [0.4, 0.5) is 20.3 Å². The van der Waals surface area contributed by atoms with E-state index in [1.165, 1.54) is 6.07 Å². The molecule has 1 aliphatic heterocycles. The summed E-state index contributed by atoms with van der Waals surface area (Å²) in [4.78, 5) is 18.4. The van der Waals surface area contributed by atoms with Gasteiger partial charge in [-0.1, -0.05) is 29.8 Å². The highest BCUT2D eigenvalue weighted by Crippen LogP contribution is 2.35. The molecule has 1 aliphatic rings. The van der Waals surface area contributed by atoms with Gasteiger partial charge in [0.25, 0.3) is 5.92 Å². The predicted molar refractivity (Wildman–Crippen MR) is 139 cm³/mol. The number of pyridine rings is 1. The van der Waals surface area contributed by atoms with Crippen LogP contribution < -0.4 is 10.2 Å². The molecule has 6 nitrogen and oxygen atoms in total. The maximum Gasteiger partial charge on any atom is 0.270 e. The number of hydrogen-bond donors (Lipinski definition) is 1. The Morgan fingerprint density at radius 3 is 2.34 bits per heavy atom. The van der Waals surface area contributed by atoms with Gasteiger partial charge in [-0.25, -0.2) is 23.7 Å². The molecule has 0 unspecified atom stereocenters. The molecule has 0 saturated carbocycles. The van der Waals surface area contributed by atoms with E-state index in [2.05, 4.69) is 43.9 Å². The Kier molecular flexibility index (Phi) is 7.16. The second kappa shape index (κ2) is 9.82. The largest absolute Gasteiger partial charge is 0.366 e. The molecule has 1 atom stereocenters. The fraction of sp³-hybridized carbons (Fsp3) is 0.500. The zero-order valence-corrected chi connectivity index (χ0v) is 21.9. The van der Waals surface area contributed by atoms with Crippen LogP contribution in [0.25, 0.3) is 11.0 Å². The maximum atomic E-state index is 14.1. The maximum absolute atomic E-state index is 14.1. The Morgan fingerprint density at radius 1 is 1.03 bits per heavy atom. The van der Waals surface area contributed by atoms with Gasteiger partial charge in [0.2, 0.25) is 0 Å². The number of aryl methyl sites for hydroxylation is 1. The highest BCUT2D eigenvalue weighted by atomic mass is 35.5. The summed E-state index contributed by atoms with van der Waals surface area (Å²) in [5.74, 6) is -1.74. The molecule has 0 amide bonds. The van der Waals surface area contributed by atoms with Crippen molar-refractivity contribution in [1.29, 1.82) is 0 Å². The molecule has 1 fully saturated rings. The Hall–Kier alpha value is -2.58. The van der Waals surface area contributed by atoms with Crippen molar-refractivity contribution in [2.24, 2.45) is 0 Å². The number of nitrogens with one attached hydrogen (secondary N) is 1. The molecule has 0 radical (unpaired) electrons. The lowest BCUT2D eigenvalue weighted by Gasteiger charge is -2.38. The first-order chi connectivity index (χ1) is 16.5. The quantitative estimate of drug-likeness (QED) is 0.410. The van der Waals surface area contributed by atoms with E-state index in [4.69, 9.17) is 11.6 Å². The van der Waals surface area contributed by atoms with Crippen LogP contribution in [-0.2, 0) is 5.92 Å². The lowest BCUT2D eigenvalue weighted by atomic mass is 9.94. The van der Waals surface area contributed by atoms with E-state index >= 15 is 0 Å². The third-order valence-electron chi connectivity index (χ3n) is 6.79. The van der Waals surface area contributed by atoms with E-state index in [9.17, 15) is 8.78 Å². The summed E-state index contributed by atoms with van der Waals surface area (Å²) < 4.78 is 28.2. The van der Waals surface area contributed by atoms with Crippen molar-refractivity contribution in [1.82, 2.24) is 19.9 Å². The average Bonchev–Trinajstić information content (AvgIpc) is 2.78. The Bertz CT molecular complexity index is 1220. The molecule has 0 aliphatic carbocycles. The van der Waals surface area contributed by atoms with Crippen LogP contribution >= 0.6 is 11.6 Å². The summed E-state index contributed by atoms with van der Waals surface area (Å²) in [7, 11) is 0. The van der Waals surface area contributed by atoms with Gasteiger partial charge in [-0.05, 0) is 51.8 Å². The molecule has 3 aromatic rings. The van der Waals surface area contributed by atoms with Gasteiger partial charge in [0.05, 0.1) is 17.1 Å². The van der Waals surface area contributed by atoms with Crippen LogP contribution in [0.5, 0.6) is 0 Å². The number of hydrogen-bond acceptors (Lipinski definition) is 6. The number of anilines is 2. The van der Waals surface area contributed by atoms with Gasteiger partial charge < -0.3 is 10.2 Å². The fourth-order valence-electron chi connectivity index (χ4n) is 4.82. The molecule has 3 heterocycles. The van der Waals surface area contributed by atoms with E-state index in [0.717, 1.165) is 49.7 Å². The van der Waals surface area contributed by atoms with Crippen LogP contribution in [0.3, 0.4) is 0 Å². The Morgan fingerprint density at radius 2 is 1.71 bits per heavy atom. The van der Waals surface area contributed by atoms with E-state index < -0.39 is 5.92 Å². The fourth-order valence-corrected chi connectivity index (χ4v) is 5.08. The van der Waals surface area contributed by atoms with Gasteiger partial charge in [0.15, 0.2) is 10.8 Å².